The number of aromatic nitrogens is 4. The molecule has 1 aliphatic heterocycles. The number of para-hydroxylation sites is 1. The van der Waals surface area contributed by atoms with Gasteiger partial charge in [-0.25, -0.2) is 23.9 Å². The number of aliphatic hydroxyl groups is 1. The number of imidazole rings is 1. The average molecular weight is 553 g/mol. The summed E-state index contributed by atoms with van der Waals surface area (Å²) in [6, 6.07) is 7.10. The van der Waals surface area contributed by atoms with Gasteiger partial charge in [0.15, 0.2) is 23.4 Å². The van der Waals surface area contributed by atoms with Crippen molar-refractivity contribution in [3.63, 3.8) is 0 Å². The van der Waals surface area contributed by atoms with E-state index in [2.05, 4.69) is 25.4 Å². The number of fused-ring (bicyclic) bond motifs is 1. The maximum Gasteiger partial charge on any atom is 0.459 e. The van der Waals surface area contributed by atoms with E-state index in [1.807, 2.05) is 0 Å². The fourth-order valence-electron chi connectivity index (χ4n) is 4.00. The van der Waals surface area contributed by atoms with Crippen LogP contribution in [0.4, 0.5) is 10.2 Å². The van der Waals surface area contributed by atoms with E-state index in [9.17, 15) is 14.5 Å². The van der Waals surface area contributed by atoms with Crippen molar-refractivity contribution in [1.82, 2.24) is 24.6 Å². The van der Waals surface area contributed by atoms with Crippen molar-refractivity contribution < 1.29 is 37.4 Å². The van der Waals surface area contributed by atoms with Crippen molar-refractivity contribution in [2.75, 3.05) is 25.6 Å². The van der Waals surface area contributed by atoms with E-state index in [-0.39, 0.29) is 18.0 Å². The highest BCUT2D eigenvalue weighted by Gasteiger charge is 2.56. The molecule has 1 fully saturated rings. The first-order valence-corrected chi connectivity index (χ1v) is 13.4. The Morgan fingerprint density at radius 2 is 2.05 bits per heavy atom. The summed E-state index contributed by atoms with van der Waals surface area (Å²) < 4.78 is 52.8. The Bertz CT molecular complexity index is 1310. The third-order valence-electron chi connectivity index (χ3n) is 5.93. The zero-order chi connectivity index (χ0) is 27.5. The van der Waals surface area contributed by atoms with Gasteiger partial charge in [-0.2, -0.15) is 5.09 Å². The quantitative estimate of drug-likeness (QED) is 0.236. The molecule has 0 spiro atoms. The molecule has 1 aromatic carbocycles. The van der Waals surface area contributed by atoms with Gasteiger partial charge >= 0.3 is 13.7 Å². The van der Waals surface area contributed by atoms with Crippen LogP contribution in [0, 0.1) is 0 Å². The molecule has 0 radical (unpaired) electrons. The lowest BCUT2D eigenvalue weighted by atomic mass is 9.98. The van der Waals surface area contributed by atoms with Gasteiger partial charge in [-0.15, -0.1) is 0 Å². The molecule has 38 heavy (non-hydrogen) atoms. The van der Waals surface area contributed by atoms with Crippen LogP contribution in [0.2, 0.25) is 0 Å². The second kappa shape index (κ2) is 11.3. The molecule has 3 heterocycles. The third-order valence-corrected chi connectivity index (χ3v) is 7.58. The second-order valence-electron chi connectivity index (χ2n) is 8.72. The van der Waals surface area contributed by atoms with Gasteiger partial charge < -0.3 is 24.4 Å². The highest BCUT2D eigenvalue weighted by atomic mass is 31.2. The SMILES string of the molecule is CCOC(=O)[C@H](C)N[P@@](=O)(OC[C@H]1O[C@@H](n2cnc3c(NC)ncnc32)[C@](C)(F)[C@@H]1O)Oc1ccccc1. The van der Waals surface area contributed by atoms with Gasteiger partial charge in [0.2, 0.25) is 0 Å². The van der Waals surface area contributed by atoms with Gasteiger partial charge in [-0.3, -0.25) is 13.9 Å². The van der Waals surface area contributed by atoms with E-state index in [1.165, 1.54) is 31.1 Å². The van der Waals surface area contributed by atoms with E-state index in [4.69, 9.17) is 18.5 Å². The molecule has 13 nitrogen and oxygen atoms in total. The van der Waals surface area contributed by atoms with Gasteiger partial charge in [-0.05, 0) is 32.9 Å². The number of nitrogens with zero attached hydrogens (tertiary/aromatic N) is 4. The molecule has 0 saturated carbocycles. The normalized spacial score (nSPS) is 25.6. The standard InChI is InChI=1S/C23H30FN6O7P/c1-5-34-21(32)14(2)29-38(33,37-15-9-7-6-8-10-15)35-11-16-18(31)23(3,24)22(36-16)30-13-28-17-19(25-4)26-12-27-20(17)30/h6-10,12-14,16,18,22,31H,5,11H2,1-4H3,(H,29,33)(H,25,26,27)/t14-,16+,18+,22+,23+,38+/m0/s1. The van der Waals surface area contributed by atoms with E-state index in [0.29, 0.717) is 11.3 Å². The van der Waals surface area contributed by atoms with Crippen molar-refractivity contribution >= 4 is 30.7 Å². The Morgan fingerprint density at radius 1 is 1.32 bits per heavy atom. The van der Waals surface area contributed by atoms with Crippen LogP contribution < -0.4 is 14.9 Å². The van der Waals surface area contributed by atoms with Gasteiger partial charge in [0.25, 0.3) is 0 Å². The topological polar surface area (TPSA) is 159 Å². The maximum absolute atomic E-state index is 15.8. The number of carbonyl (C=O) groups is 1. The number of ether oxygens (including phenoxy) is 2. The summed E-state index contributed by atoms with van der Waals surface area (Å²) in [6.45, 7) is 3.84. The Hall–Kier alpha value is -3.16. The van der Waals surface area contributed by atoms with Crippen LogP contribution in [-0.4, -0.2) is 74.8 Å². The lowest BCUT2D eigenvalue weighted by Gasteiger charge is -2.25. The minimum atomic E-state index is -4.24. The first-order valence-electron chi connectivity index (χ1n) is 11.9. The Balaban J connectivity index is 1.55. The summed E-state index contributed by atoms with van der Waals surface area (Å²) in [5, 5.41) is 16.2. The summed E-state index contributed by atoms with van der Waals surface area (Å²) in [5.74, 6) is -0.0321. The third kappa shape index (κ3) is 5.64. The Kier molecular flexibility index (Phi) is 8.28. The first-order chi connectivity index (χ1) is 18.1. The van der Waals surface area contributed by atoms with Crippen LogP contribution in [0.15, 0.2) is 43.0 Å². The summed E-state index contributed by atoms with van der Waals surface area (Å²) in [4.78, 5) is 24.6. The lowest BCUT2D eigenvalue weighted by Crippen LogP contribution is -2.41. The van der Waals surface area contributed by atoms with E-state index in [0.717, 1.165) is 0 Å². The maximum atomic E-state index is 15.8. The Morgan fingerprint density at radius 3 is 2.74 bits per heavy atom. The van der Waals surface area contributed by atoms with Crippen LogP contribution >= 0.6 is 7.75 Å². The number of halogens is 1. The first kappa shape index (κ1) is 27.9. The van der Waals surface area contributed by atoms with E-state index < -0.39 is 50.5 Å². The average Bonchev–Trinajstić information content (AvgIpc) is 3.41. The summed E-state index contributed by atoms with van der Waals surface area (Å²) in [6.07, 6.45) is -1.64. The molecule has 2 aromatic heterocycles. The van der Waals surface area contributed by atoms with Gasteiger partial charge in [0.05, 0.1) is 19.5 Å². The van der Waals surface area contributed by atoms with Crippen molar-refractivity contribution in [1.29, 1.82) is 0 Å². The highest BCUT2D eigenvalue weighted by molar-refractivity contribution is 7.52. The number of nitrogens with one attached hydrogen (secondary N) is 2. The summed E-state index contributed by atoms with van der Waals surface area (Å²) in [7, 11) is -2.58. The molecule has 0 amide bonds. The summed E-state index contributed by atoms with van der Waals surface area (Å²) in [5.41, 5.74) is -1.63. The molecular formula is C23H30FN6O7P. The molecule has 0 bridgehead atoms. The summed E-state index contributed by atoms with van der Waals surface area (Å²) >= 11 is 0. The Labute approximate surface area is 218 Å². The van der Waals surface area contributed by atoms with Crippen molar-refractivity contribution in [3.8, 4) is 5.75 Å². The molecule has 0 aliphatic carbocycles. The molecule has 0 unspecified atom stereocenters. The molecule has 1 saturated heterocycles. The minimum absolute atomic E-state index is 0.123. The predicted octanol–water partition coefficient (Wildman–Crippen LogP) is 2.60. The number of carbonyl (C=O) groups excluding carboxylic acids is 1. The smallest absolute Gasteiger partial charge is 0.459 e. The van der Waals surface area contributed by atoms with Crippen LogP contribution in [0.1, 0.15) is 27.0 Å². The van der Waals surface area contributed by atoms with Gasteiger partial charge in [0, 0.05) is 7.05 Å². The fourth-order valence-corrected chi connectivity index (χ4v) is 5.50. The second-order valence-corrected chi connectivity index (χ2v) is 10.4. The number of hydrogen-bond donors (Lipinski definition) is 3. The monoisotopic (exact) mass is 552 g/mol. The van der Waals surface area contributed by atoms with Crippen molar-refractivity contribution in [2.45, 2.75) is 50.9 Å². The predicted molar refractivity (Wildman–Crippen MR) is 134 cm³/mol. The molecule has 4 rings (SSSR count). The van der Waals surface area contributed by atoms with Crippen LogP contribution in [-0.2, 0) is 23.4 Å². The number of esters is 1. The number of alkyl halides is 1. The molecular weight excluding hydrogens is 522 g/mol. The van der Waals surface area contributed by atoms with Crippen molar-refractivity contribution in [3.05, 3.63) is 43.0 Å². The van der Waals surface area contributed by atoms with Crippen LogP contribution in [0.3, 0.4) is 0 Å². The molecule has 6 atom stereocenters. The van der Waals surface area contributed by atoms with Crippen LogP contribution in [0.25, 0.3) is 11.2 Å². The molecule has 3 aromatic rings. The largest absolute Gasteiger partial charge is 0.465 e. The number of aliphatic hydroxyl groups excluding tert-OH is 1. The number of rotatable bonds is 11. The van der Waals surface area contributed by atoms with Gasteiger partial charge in [0.1, 0.15) is 35.8 Å². The zero-order valence-electron chi connectivity index (χ0n) is 21.3. The minimum Gasteiger partial charge on any atom is -0.465 e. The highest BCUT2D eigenvalue weighted by Crippen LogP contribution is 2.48. The van der Waals surface area contributed by atoms with Crippen LogP contribution in [0.5, 0.6) is 5.75 Å². The fraction of sp³-hybridized carbons (Fsp3) is 0.478. The lowest BCUT2D eigenvalue weighted by molar-refractivity contribution is -0.144. The molecule has 1 aliphatic rings. The van der Waals surface area contributed by atoms with Gasteiger partial charge in [-0.1, -0.05) is 18.2 Å². The molecule has 206 valence electrons. The number of benzene rings is 1. The number of anilines is 1. The van der Waals surface area contributed by atoms with Crippen molar-refractivity contribution in [2.24, 2.45) is 0 Å². The van der Waals surface area contributed by atoms with E-state index in [1.54, 1.807) is 44.3 Å². The molecule has 15 heteroatoms. The molecule has 3 N–H and O–H groups in total. The van der Waals surface area contributed by atoms with E-state index >= 15 is 4.39 Å². The zero-order valence-corrected chi connectivity index (χ0v) is 22.2. The number of hydrogen-bond acceptors (Lipinski definition) is 11.